The molecule has 0 saturated heterocycles. The number of aromatic nitrogens is 1. The lowest BCUT2D eigenvalue weighted by molar-refractivity contribution is -0.384. The molecule has 21 heavy (non-hydrogen) atoms. The van der Waals surface area contributed by atoms with Gasteiger partial charge >= 0.3 is 0 Å². The highest BCUT2D eigenvalue weighted by molar-refractivity contribution is 5.52. The van der Waals surface area contributed by atoms with E-state index in [4.69, 9.17) is 5.73 Å². The number of hydrogen-bond acceptors (Lipinski definition) is 5. The highest BCUT2D eigenvalue weighted by Crippen LogP contribution is 2.19. The first-order valence-electron chi connectivity index (χ1n) is 6.36. The van der Waals surface area contributed by atoms with Gasteiger partial charge in [0.25, 0.3) is 5.69 Å². The standard InChI is InChI=1S/C14H15FN4O2/c1-9-6-11(15)3-2-10(9)4-5-17-14-8-12(19(20)21)7-13(16)18-14/h2-3,6-8H,4-5H2,1H3,(H3,16,17,18). The Hall–Kier alpha value is -2.70. The third-order valence-electron chi connectivity index (χ3n) is 3.05. The molecule has 6 nitrogen and oxygen atoms in total. The number of benzene rings is 1. The lowest BCUT2D eigenvalue weighted by atomic mass is 10.1. The number of nitro groups is 1. The van der Waals surface area contributed by atoms with Crippen LogP contribution in [0.1, 0.15) is 11.1 Å². The molecule has 3 N–H and O–H groups in total. The second-order valence-corrected chi connectivity index (χ2v) is 4.64. The zero-order valence-corrected chi connectivity index (χ0v) is 11.5. The van der Waals surface area contributed by atoms with Gasteiger partial charge in [0.2, 0.25) is 0 Å². The minimum Gasteiger partial charge on any atom is -0.383 e. The fraction of sp³-hybridized carbons (Fsp3) is 0.214. The second kappa shape index (κ2) is 6.17. The van der Waals surface area contributed by atoms with Crippen molar-refractivity contribution in [3.05, 3.63) is 57.4 Å². The van der Waals surface area contributed by atoms with Crippen LogP contribution in [-0.4, -0.2) is 16.5 Å². The van der Waals surface area contributed by atoms with E-state index >= 15 is 0 Å². The van der Waals surface area contributed by atoms with Gasteiger partial charge < -0.3 is 11.1 Å². The Balaban J connectivity index is 2.01. The van der Waals surface area contributed by atoms with Crippen molar-refractivity contribution in [1.29, 1.82) is 0 Å². The topological polar surface area (TPSA) is 94.1 Å². The molecule has 0 aliphatic heterocycles. The van der Waals surface area contributed by atoms with E-state index in [2.05, 4.69) is 10.3 Å². The SMILES string of the molecule is Cc1cc(F)ccc1CCNc1cc([N+](=O)[O-])cc(N)n1. The van der Waals surface area contributed by atoms with Crippen LogP contribution in [-0.2, 0) is 6.42 Å². The van der Waals surface area contributed by atoms with E-state index in [-0.39, 0.29) is 17.3 Å². The summed E-state index contributed by atoms with van der Waals surface area (Å²) < 4.78 is 13.0. The van der Waals surface area contributed by atoms with Crippen LogP contribution >= 0.6 is 0 Å². The number of nitrogen functional groups attached to an aromatic ring is 1. The first kappa shape index (κ1) is 14.7. The minimum atomic E-state index is -0.520. The van der Waals surface area contributed by atoms with E-state index in [1.165, 1.54) is 24.3 Å². The largest absolute Gasteiger partial charge is 0.383 e. The molecule has 0 saturated carbocycles. The average molecular weight is 290 g/mol. The van der Waals surface area contributed by atoms with Crippen LogP contribution in [0.3, 0.4) is 0 Å². The van der Waals surface area contributed by atoms with Crippen molar-refractivity contribution in [2.75, 3.05) is 17.6 Å². The van der Waals surface area contributed by atoms with Crippen molar-refractivity contribution in [2.45, 2.75) is 13.3 Å². The molecule has 2 rings (SSSR count). The zero-order chi connectivity index (χ0) is 15.4. The molecule has 2 aromatic rings. The lowest BCUT2D eigenvalue weighted by Crippen LogP contribution is -2.08. The maximum absolute atomic E-state index is 13.0. The maximum Gasteiger partial charge on any atom is 0.276 e. The number of anilines is 2. The number of nitrogens with one attached hydrogen (secondary N) is 1. The van der Waals surface area contributed by atoms with Gasteiger partial charge in [0.1, 0.15) is 17.5 Å². The summed E-state index contributed by atoms with van der Waals surface area (Å²) in [5, 5.41) is 13.7. The quantitative estimate of drug-likeness (QED) is 0.652. The molecule has 1 heterocycles. The number of aryl methyl sites for hydroxylation is 1. The summed E-state index contributed by atoms with van der Waals surface area (Å²) in [7, 11) is 0. The molecule has 0 radical (unpaired) electrons. The Bertz CT molecular complexity index is 676. The van der Waals surface area contributed by atoms with Crippen LogP contribution in [0.5, 0.6) is 0 Å². The summed E-state index contributed by atoms with van der Waals surface area (Å²) in [6.07, 6.45) is 0.649. The molecule has 0 unspecified atom stereocenters. The van der Waals surface area contributed by atoms with E-state index < -0.39 is 4.92 Å². The Labute approximate surface area is 121 Å². The Kier molecular flexibility index (Phi) is 4.32. The number of nitrogens with two attached hydrogens (primary N) is 1. The molecule has 7 heteroatoms. The van der Waals surface area contributed by atoms with Gasteiger partial charge in [0.05, 0.1) is 17.1 Å². The average Bonchev–Trinajstić information content (AvgIpc) is 2.40. The first-order valence-corrected chi connectivity index (χ1v) is 6.36. The molecule has 0 aliphatic carbocycles. The summed E-state index contributed by atoms with van der Waals surface area (Å²) >= 11 is 0. The van der Waals surface area contributed by atoms with Crippen LogP contribution < -0.4 is 11.1 Å². The van der Waals surface area contributed by atoms with Crippen molar-refractivity contribution >= 4 is 17.3 Å². The first-order chi connectivity index (χ1) is 9.95. The van der Waals surface area contributed by atoms with Gasteiger partial charge in [-0.1, -0.05) is 6.07 Å². The van der Waals surface area contributed by atoms with Crippen molar-refractivity contribution in [1.82, 2.24) is 4.98 Å². The molecule has 1 aromatic heterocycles. The van der Waals surface area contributed by atoms with Gasteiger partial charge in [-0.2, -0.15) is 0 Å². The summed E-state index contributed by atoms with van der Waals surface area (Å²) in [5.41, 5.74) is 7.28. The van der Waals surface area contributed by atoms with Gasteiger partial charge in [-0.05, 0) is 36.6 Å². The van der Waals surface area contributed by atoms with Gasteiger partial charge in [0, 0.05) is 6.54 Å². The summed E-state index contributed by atoms with van der Waals surface area (Å²) in [6.45, 7) is 2.35. The number of hydrogen-bond donors (Lipinski definition) is 2. The Morgan fingerprint density at radius 2 is 2.14 bits per heavy atom. The van der Waals surface area contributed by atoms with Crippen molar-refractivity contribution in [3.8, 4) is 0 Å². The van der Waals surface area contributed by atoms with Gasteiger partial charge in [0.15, 0.2) is 0 Å². The van der Waals surface area contributed by atoms with Crippen LogP contribution in [0.4, 0.5) is 21.7 Å². The molecule has 0 amide bonds. The predicted molar refractivity (Wildman–Crippen MR) is 78.6 cm³/mol. The molecule has 0 atom stereocenters. The molecule has 110 valence electrons. The summed E-state index contributed by atoms with van der Waals surface area (Å²) in [5.74, 6) is 0.170. The number of rotatable bonds is 5. The summed E-state index contributed by atoms with van der Waals surface area (Å²) in [4.78, 5) is 14.2. The van der Waals surface area contributed by atoms with Crippen LogP contribution in [0.25, 0.3) is 0 Å². The molecule has 0 bridgehead atoms. The van der Waals surface area contributed by atoms with Crippen LogP contribution in [0.15, 0.2) is 30.3 Å². The van der Waals surface area contributed by atoms with Crippen molar-refractivity contribution in [3.63, 3.8) is 0 Å². The third kappa shape index (κ3) is 3.88. The van der Waals surface area contributed by atoms with Crippen molar-refractivity contribution < 1.29 is 9.31 Å². The number of halogens is 1. The normalized spacial score (nSPS) is 10.4. The highest BCUT2D eigenvalue weighted by atomic mass is 19.1. The zero-order valence-electron chi connectivity index (χ0n) is 11.5. The highest BCUT2D eigenvalue weighted by Gasteiger charge is 2.09. The molecule has 0 aliphatic rings. The molecule has 0 spiro atoms. The molecule has 1 aromatic carbocycles. The van der Waals surface area contributed by atoms with E-state index in [1.807, 2.05) is 6.92 Å². The van der Waals surface area contributed by atoms with Crippen LogP contribution in [0, 0.1) is 22.9 Å². The minimum absolute atomic E-state index is 0.0877. The third-order valence-corrected chi connectivity index (χ3v) is 3.05. The fourth-order valence-electron chi connectivity index (χ4n) is 2.00. The molecule has 0 fully saturated rings. The fourth-order valence-corrected chi connectivity index (χ4v) is 2.00. The van der Waals surface area contributed by atoms with E-state index in [1.54, 1.807) is 6.07 Å². The number of pyridine rings is 1. The van der Waals surface area contributed by atoms with Crippen LogP contribution in [0.2, 0.25) is 0 Å². The maximum atomic E-state index is 13.0. The smallest absolute Gasteiger partial charge is 0.276 e. The predicted octanol–water partition coefficient (Wildman–Crippen LogP) is 2.67. The van der Waals surface area contributed by atoms with Crippen molar-refractivity contribution in [2.24, 2.45) is 0 Å². The lowest BCUT2D eigenvalue weighted by Gasteiger charge is -2.08. The molecular formula is C14H15FN4O2. The summed E-state index contributed by atoms with van der Waals surface area (Å²) in [6, 6.07) is 7.13. The van der Waals surface area contributed by atoms with E-state index in [0.29, 0.717) is 18.8 Å². The van der Waals surface area contributed by atoms with Gasteiger partial charge in [-0.3, -0.25) is 10.1 Å². The van der Waals surface area contributed by atoms with Gasteiger partial charge in [-0.15, -0.1) is 0 Å². The Morgan fingerprint density at radius 1 is 1.38 bits per heavy atom. The van der Waals surface area contributed by atoms with E-state index in [0.717, 1.165) is 11.1 Å². The molecular weight excluding hydrogens is 275 g/mol. The van der Waals surface area contributed by atoms with Gasteiger partial charge in [-0.25, -0.2) is 9.37 Å². The second-order valence-electron chi connectivity index (χ2n) is 4.64. The number of nitrogens with zero attached hydrogens (tertiary/aromatic N) is 2. The van der Waals surface area contributed by atoms with E-state index in [9.17, 15) is 14.5 Å². The monoisotopic (exact) mass is 290 g/mol. The Morgan fingerprint density at radius 3 is 2.81 bits per heavy atom.